The topological polar surface area (TPSA) is 75.7 Å². The molecule has 1 aliphatic heterocycles. The van der Waals surface area contributed by atoms with Crippen LogP contribution in [0.1, 0.15) is 45.1 Å². The summed E-state index contributed by atoms with van der Waals surface area (Å²) < 4.78 is 32.3. The summed E-state index contributed by atoms with van der Waals surface area (Å²) in [6, 6.07) is 9.91. The summed E-state index contributed by atoms with van der Waals surface area (Å²) in [7, 11) is -3.33. The molecule has 1 fully saturated rings. The minimum Gasteiger partial charge on any atom is -0.379 e. The maximum Gasteiger partial charge on any atom is 0.224 e. The molecule has 1 atom stereocenters. The Balaban J connectivity index is 1.75. The molecule has 0 aliphatic carbocycles. The maximum atomic E-state index is 12.7. The molecule has 158 valence electrons. The summed E-state index contributed by atoms with van der Waals surface area (Å²) >= 11 is 0. The largest absolute Gasteiger partial charge is 0.379 e. The highest BCUT2D eigenvalue weighted by Gasteiger charge is 2.31. The number of piperidine rings is 1. The van der Waals surface area contributed by atoms with Gasteiger partial charge in [-0.25, -0.2) is 12.7 Å². The summed E-state index contributed by atoms with van der Waals surface area (Å²) in [5, 5.41) is 2.92. The van der Waals surface area contributed by atoms with Crippen LogP contribution in [0.5, 0.6) is 0 Å². The molecule has 0 bridgehead atoms. The number of rotatable bonds is 11. The zero-order valence-corrected chi connectivity index (χ0v) is 17.9. The Morgan fingerprint density at radius 1 is 1.25 bits per heavy atom. The van der Waals surface area contributed by atoms with Crippen LogP contribution in [0.3, 0.4) is 0 Å². The van der Waals surface area contributed by atoms with Crippen molar-refractivity contribution in [2.24, 2.45) is 5.92 Å². The SMILES string of the molecule is CC(C)OCCCNC(=O)[C@@H]1CCCN(S(=O)(=O)CCCc2ccccc2)C1. The molecule has 28 heavy (non-hydrogen) atoms. The molecule has 1 aromatic rings. The van der Waals surface area contributed by atoms with E-state index in [0.717, 1.165) is 31.2 Å². The molecule has 0 radical (unpaired) electrons. The van der Waals surface area contributed by atoms with Crippen LogP contribution in [0, 0.1) is 5.92 Å². The van der Waals surface area contributed by atoms with Crippen molar-refractivity contribution in [1.82, 2.24) is 9.62 Å². The standard InChI is InChI=1S/C21H34N2O4S/c1-18(2)27-15-8-13-22-21(24)20-12-6-14-23(17-20)28(25,26)16-7-11-19-9-4-3-5-10-19/h3-5,9-10,18,20H,6-8,11-17H2,1-2H3,(H,22,24)/t20-/m1/s1. The number of sulfonamides is 1. The number of carbonyl (C=O) groups excluding carboxylic acids is 1. The highest BCUT2D eigenvalue weighted by Crippen LogP contribution is 2.20. The molecule has 1 amide bonds. The van der Waals surface area contributed by atoms with Crippen molar-refractivity contribution < 1.29 is 17.9 Å². The van der Waals surface area contributed by atoms with E-state index in [-0.39, 0.29) is 23.7 Å². The van der Waals surface area contributed by atoms with Crippen LogP contribution in [0.4, 0.5) is 0 Å². The van der Waals surface area contributed by atoms with Gasteiger partial charge in [-0.15, -0.1) is 0 Å². The van der Waals surface area contributed by atoms with Crippen LogP contribution in [0.2, 0.25) is 0 Å². The summed E-state index contributed by atoms with van der Waals surface area (Å²) in [6.45, 7) is 5.95. The first-order valence-electron chi connectivity index (χ1n) is 10.3. The first-order valence-corrected chi connectivity index (χ1v) is 11.9. The molecule has 0 aromatic heterocycles. The zero-order valence-electron chi connectivity index (χ0n) is 17.1. The smallest absolute Gasteiger partial charge is 0.224 e. The molecular formula is C21H34N2O4S. The number of ether oxygens (including phenoxy) is 1. The van der Waals surface area contributed by atoms with Crippen molar-refractivity contribution in [2.75, 3.05) is 32.0 Å². The van der Waals surface area contributed by atoms with Crippen molar-refractivity contribution in [3.8, 4) is 0 Å². The van der Waals surface area contributed by atoms with Crippen LogP contribution < -0.4 is 5.32 Å². The third-order valence-electron chi connectivity index (χ3n) is 4.93. The Kier molecular flexibility index (Phi) is 9.41. The van der Waals surface area contributed by atoms with Gasteiger partial charge in [0.05, 0.1) is 17.8 Å². The predicted molar refractivity (Wildman–Crippen MR) is 112 cm³/mol. The second kappa shape index (κ2) is 11.5. The lowest BCUT2D eigenvalue weighted by Gasteiger charge is -2.31. The Bertz CT molecular complexity index is 692. The van der Waals surface area contributed by atoms with Gasteiger partial charge in [0.25, 0.3) is 0 Å². The average Bonchev–Trinajstić information content (AvgIpc) is 2.68. The minimum absolute atomic E-state index is 0.0475. The molecule has 7 heteroatoms. The van der Waals surface area contributed by atoms with Crippen LogP contribution in [-0.2, 0) is 26.0 Å². The van der Waals surface area contributed by atoms with Gasteiger partial charge in [0.15, 0.2) is 0 Å². The first kappa shape index (κ1) is 22.8. The van der Waals surface area contributed by atoms with Crippen LogP contribution in [-0.4, -0.2) is 56.7 Å². The van der Waals surface area contributed by atoms with Gasteiger partial charge in [0.2, 0.25) is 15.9 Å². The van der Waals surface area contributed by atoms with Crippen molar-refractivity contribution in [1.29, 1.82) is 0 Å². The average molecular weight is 411 g/mol. The van der Waals surface area contributed by atoms with Gasteiger partial charge in [0, 0.05) is 26.2 Å². The second-order valence-electron chi connectivity index (χ2n) is 7.67. The quantitative estimate of drug-likeness (QED) is 0.569. The zero-order chi connectivity index (χ0) is 20.4. The van der Waals surface area contributed by atoms with Gasteiger partial charge in [-0.05, 0) is 51.5 Å². The highest BCUT2D eigenvalue weighted by atomic mass is 32.2. The maximum absolute atomic E-state index is 12.7. The Morgan fingerprint density at radius 3 is 2.71 bits per heavy atom. The number of nitrogens with one attached hydrogen (secondary N) is 1. The number of amides is 1. The molecule has 1 aliphatic rings. The fourth-order valence-corrected chi connectivity index (χ4v) is 4.97. The third-order valence-corrected chi connectivity index (χ3v) is 6.85. The van der Waals surface area contributed by atoms with Crippen molar-refractivity contribution in [3.63, 3.8) is 0 Å². The van der Waals surface area contributed by atoms with Crippen molar-refractivity contribution in [3.05, 3.63) is 35.9 Å². The van der Waals surface area contributed by atoms with E-state index >= 15 is 0 Å². The monoisotopic (exact) mass is 410 g/mol. The summed E-state index contributed by atoms with van der Waals surface area (Å²) in [5.74, 6) is -0.180. The molecule has 0 spiro atoms. The van der Waals surface area contributed by atoms with Gasteiger partial charge in [-0.1, -0.05) is 30.3 Å². The summed E-state index contributed by atoms with van der Waals surface area (Å²) in [6.07, 6.45) is 3.76. The molecular weight excluding hydrogens is 376 g/mol. The third kappa shape index (κ3) is 7.89. The van der Waals surface area contributed by atoms with E-state index in [4.69, 9.17) is 4.74 Å². The van der Waals surface area contributed by atoms with E-state index in [1.165, 1.54) is 4.31 Å². The second-order valence-corrected chi connectivity index (χ2v) is 9.75. The lowest BCUT2D eigenvalue weighted by Crippen LogP contribution is -2.46. The van der Waals surface area contributed by atoms with Crippen molar-refractivity contribution >= 4 is 15.9 Å². The lowest BCUT2D eigenvalue weighted by molar-refractivity contribution is -0.126. The fraction of sp³-hybridized carbons (Fsp3) is 0.667. The van der Waals surface area contributed by atoms with E-state index in [0.29, 0.717) is 32.7 Å². The number of nitrogens with zero attached hydrogens (tertiary/aromatic N) is 1. The normalized spacial score (nSPS) is 18.3. The summed E-state index contributed by atoms with van der Waals surface area (Å²) in [5.41, 5.74) is 1.15. The van der Waals surface area contributed by atoms with E-state index in [1.807, 2.05) is 44.2 Å². The fourth-order valence-electron chi connectivity index (χ4n) is 3.39. The number of hydrogen-bond donors (Lipinski definition) is 1. The van der Waals surface area contributed by atoms with Gasteiger partial charge in [0.1, 0.15) is 0 Å². The molecule has 1 heterocycles. The molecule has 1 N–H and O–H groups in total. The molecule has 2 rings (SSSR count). The van der Waals surface area contributed by atoms with Crippen molar-refractivity contribution in [2.45, 2.75) is 52.1 Å². The number of benzene rings is 1. The summed E-state index contributed by atoms with van der Waals surface area (Å²) in [4.78, 5) is 12.4. The molecule has 0 saturated carbocycles. The van der Waals surface area contributed by atoms with Gasteiger partial charge < -0.3 is 10.1 Å². The van der Waals surface area contributed by atoms with Gasteiger partial charge in [-0.2, -0.15) is 0 Å². The highest BCUT2D eigenvalue weighted by molar-refractivity contribution is 7.89. The number of carbonyl (C=O) groups is 1. The van der Waals surface area contributed by atoms with E-state index in [2.05, 4.69) is 5.32 Å². The number of aryl methyl sites for hydroxylation is 1. The van der Waals surface area contributed by atoms with Crippen LogP contribution in [0.15, 0.2) is 30.3 Å². The number of hydrogen-bond acceptors (Lipinski definition) is 4. The van der Waals surface area contributed by atoms with E-state index in [9.17, 15) is 13.2 Å². The Labute approximate surface area is 169 Å². The molecule has 1 saturated heterocycles. The van der Waals surface area contributed by atoms with Gasteiger partial charge in [-0.3, -0.25) is 4.79 Å². The molecule has 0 unspecified atom stereocenters. The van der Waals surface area contributed by atoms with E-state index < -0.39 is 10.0 Å². The van der Waals surface area contributed by atoms with Crippen LogP contribution >= 0.6 is 0 Å². The van der Waals surface area contributed by atoms with Gasteiger partial charge >= 0.3 is 0 Å². The Morgan fingerprint density at radius 2 is 2.00 bits per heavy atom. The predicted octanol–water partition coefficient (Wildman–Crippen LogP) is 2.59. The molecule has 1 aromatic carbocycles. The molecule has 6 nitrogen and oxygen atoms in total. The van der Waals surface area contributed by atoms with E-state index in [1.54, 1.807) is 0 Å². The minimum atomic E-state index is -3.33. The van der Waals surface area contributed by atoms with Crippen LogP contribution in [0.25, 0.3) is 0 Å². The Hall–Kier alpha value is -1.44. The first-order chi connectivity index (χ1) is 13.4. The lowest BCUT2D eigenvalue weighted by atomic mass is 9.99.